The molecule has 1 aliphatic rings. The predicted octanol–water partition coefficient (Wildman–Crippen LogP) is 0.706. The van der Waals surface area contributed by atoms with Gasteiger partial charge in [0.15, 0.2) is 0 Å². The molecule has 0 spiro atoms. The Morgan fingerprint density at radius 3 is 2.53 bits per heavy atom. The van der Waals surface area contributed by atoms with Gasteiger partial charge in [0.1, 0.15) is 11.5 Å². The maximum absolute atomic E-state index is 14.9. The summed E-state index contributed by atoms with van der Waals surface area (Å²) in [4.78, 5) is 43.7. The fraction of sp³-hybridized carbons (Fsp3) is 0.400. The van der Waals surface area contributed by atoms with Crippen LogP contribution in [0.4, 0.5) is 4.39 Å². The first kappa shape index (κ1) is 25.2. The number of Topliss-reactive ketones (excluding diaryl/α,β-unsaturated/α-hetero) is 1. The van der Waals surface area contributed by atoms with E-state index < -0.39 is 35.3 Å². The van der Waals surface area contributed by atoms with Crippen molar-refractivity contribution in [2.24, 2.45) is 0 Å². The Labute approximate surface area is 198 Å². The van der Waals surface area contributed by atoms with Crippen molar-refractivity contribution in [2.45, 2.75) is 33.2 Å². The van der Waals surface area contributed by atoms with Gasteiger partial charge >= 0.3 is 5.97 Å². The maximum atomic E-state index is 14.9. The van der Waals surface area contributed by atoms with E-state index in [1.54, 1.807) is 26.8 Å². The number of carbonyl (C=O) groups excluding carboxylic acids is 3. The van der Waals surface area contributed by atoms with Crippen LogP contribution in [0, 0.1) is 19.7 Å². The van der Waals surface area contributed by atoms with Crippen LogP contribution in [0.3, 0.4) is 0 Å². The van der Waals surface area contributed by atoms with Crippen LogP contribution in [0.25, 0.3) is 5.76 Å². The third-order valence-electron chi connectivity index (χ3n) is 5.95. The number of aryl methyl sites for hydroxylation is 1. The van der Waals surface area contributed by atoms with E-state index in [2.05, 4.69) is 4.98 Å². The third-order valence-corrected chi connectivity index (χ3v) is 5.95. The first-order valence-corrected chi connectivity index (χ1v) is 11.3. The van der Waals surface area contributed by atoms with Gasteiger partial charge in [-0.3, -0.25) is 9.59 Å². The van der Waals surface area contributed by atoms with Crippen LogP contribution in [0.15, 0.2) is 29.8 Å². The minimum absolute atomic E-state index is 0.0821. The van der Waals surface area contributed by atoms with E-state index in [1.165, 1.54) is 23.1 Å². The van der Waals surface area contributed by atoms with Gasteiger partial charge in [0.05, 0.1) is 33.3 Å². The van der Waals surface area contributed by atoms with Crippen molar-refractivity contribution in [1.82, 2.24) is 9.88 Å². The maximum Gasteiger partial charge on any atom is 0.355 e. The van der Waals surface area contributed by atoms with Crippen molar-refractivity contribution in [3.8, 4) is 0 Å². The number of H-pyrrole nitrogens is 1. The number of halogens is 1. The van der Waals surface area contributed by atoms with Crippen molar-refractivity contribution < 1.29 is 33.5 Å². The van der Waals surface area contributed by atoms with Gasteiger partial charge in [-0.1, -0.05) is 24.0 Å². The Balaban J connectivity index is 2.18. The molecule has 2 aromatic rings. The Morgan fingerprint density at radius 1 is 1.24 bits per heavy atom. The molecule has 1 aromatic heterocycles. The van der Waals surface area contributed by atoms with Gasteiger partial charge in [-0.2, -0.15) is 0 Å². The molecule has 0 radical (unpaired) electrons. The Kier molecular flexibility index (Phi) is 7.56. The zero-order valence-electron chi connectivity index (χ0n) is 20.1. The molecule has 8 nitrogen and oxygen atoms in total. The average molecular weight is 472 g/mol. The minimum Gasteiger partial charge on any atom is -0.872 e. The van der Waals surface area contributed by atoms with Gasteiger partial charge in [0.2, 0.25) is 5.78 Å². The number of aromatic amines is 1. The molecular formula is C25H30FN3O5. The lowest BCUT2D eigenvalue weighted by Gasteiger charge is -2.28. The second-order valence-corrected chi connectivity index (χ2v) is 8.65. The van der Waals surface area contributed by atoms with E-state index in [-0.39, 0.29) is 35.5 Å². The smallest absolute Gasteiger partial charge is 0.355 e. The summed E-state index contributed by atoms with van der Waals surface area (Å²) < 4.78 is 19.9. The van der Waals surface area contributed by atoms with Crippen LogP contribution in [-0.4, -0.2) is 61.3 Å². The summed E-state index contributed by atoms with van der Waals surface area (Å²) >= 11 is 0. The standard InChI is InChI=1S/C25H30FN3O5/c1-6-34-25(33)20-14(2)18(15(3)27-20)22(30)19-21(16-10-7-8-11-17(16)26)29(24(32)23(19)31)13-9-12-28(4)5/h7-8,10-11,21,27,30H,6,9,12-13H2,1-5H3. The molecule has 0 saturated carbocycles. The number of esters is 1. The van der Waals surface area contributed by atoms with E-state index in [0.29, 0.717) is 17.7 Å². The van der Waals surface area contributed by atoms with E-state index in [4.69, 9.17) is 4.74 Å². The van der Waals surface area contributed by atoms with Gasteiger partial charge in [0.25, 0.3) is 5.91 Å². The van der Waals surface area contributed by atoms with Crippen molar-refractivity contribution in [2.75, 3.05) is 33.8 Å². The van der Waals surface area contributed by atoms with Crippen LogP contribution in [-0.2, 0) is 14.3 Å². The molecule has 2 heterocycles. The molecular weight excluding hydrogens is 441 g/mol. The molecule has 34 heavy (non-hydrogen) atoms. The third kappa shape index (κ3) is 4.61. The number of rotatable bonds is 8. The van der Waals surface area contributed by atoms with Gasteiger partial charge < -0.3 is 24.6 Å². The zero-order valence-corrected chi connectivity index (χ0v) is 20.1. The highest BCUT2D eigenvalue weighted by Gasteiger charge is 2.45. The number of likely N-dealkylation sites (tertiary alicyclic amines) is 1. The Hall–Kier alpha value is -3.46. The summed E-state index contributed by atoms with van der Waals surface area (Å²) in [7, 11) is 3.93. The van der Waals surface area contributed by atoms with E-state index in [9.17, 15) is 23.9 Å². The van der Waals surface area contributed by atoms with E-state index >= 15 is 0 Å². The average Bonchev–Trinajstić information content (AvgIpc) is 3.21. The molecule has 1 fully saturated rings. The first-order chi connectivity index (χ1) is 16.1. The summed E-state index contributed by atoms with van der Waals surface area (Å²) in [6, 6.07) is 4.67. The lowest BCUT2D eigenvalue weighted by molar-refractivity contribution is -0.858. The number of ether oxygens (including phenoxy) is 1. The zero-order chi connectivity index (χ0) is 25.2. The molecule has 9 heteroatoms. The number of benzene rings is 1. The topological polar surface area (TPSA) is 107 Å². The van der Waals surface area contributed by atoms with Crippen molar-refractivity contribution in [3.63, 3.8) is 0 Å². The second kappa shape index (κ2) is 10.2. The molecule has 1 aromatic carbocycles. The monoisotopic (exact) mass is 471 g/mol. The normalized spacial score (nSPS) is 17.6. The predicted molar refractivity (Wildman–Crippen MR) is 121 cm³/mol. The van der Waals surface area contributed by atoms with Crippen LogP contribution in [0.5, 0.6) is 0 Å². The van der Waals surface area contributed by atoms with Crippen LogP contribution < -0.4 is 10.0 Å². The number of nitrogens with one attached hydrogen (secondary N) is 2. The molecule has 3 rings (SSSR count). The van der Waals surface area contributed by atoms with Gasteiger partial charge in [-0.05, 0) is 38.0 Å². The number of aromatic nitrogens is 1. The molecule has 1 atom stereocenters. The molecule has 1 saturated heterocycles. The number of ketones is 1. The fourth-order valence-corrected chi connectivity index (χ4v) is 4.36. The first-order valence-electron chi connectivity index (χ1n) is 11.3. The number of nitrogens with zero attached hydrogens (tertiary/aromatic N) is 1. The summed E-state index contributed by atoms with van der Waals surface area (Å²) in [6.45, 7) is 5.91. The summed E-state index contributed by atoms with van der Waals surface area (Å²) in [5.41, 5.74) is 0.663. The Bertz CT molecular complexity index is 1150. The number of hydrogen-bond acceptors (Lipinski definition) is 5. The summed E-state index contributed by atoms with van der Waals surface area (Å²) in [5.74, 6) is -3.72. The lowest BCUT2D eigenvalue weighted by Crippen LogP contribution is -3.05. The van der Waals surface area contributed by atoms with Crippen molar-refractivity contribution >= 4 is 23.4 Å². The fourth-order valence-electron chi connectivity index (χ4n) is 4.36. The van der Waals surface area contributed by atoms with Gasteiger partial charge in [-0.25, -0.2) is 9.18 Å². The quantitative estimate of drug-likeness (QED) is 0.255. The summed E-state index contributed by atoms with van der Waals surface area (Å²) in [6.07, 6.45) is 0.572. The largest absolute Gasteiger partial charge is 0.872 e. The highest BCUT2D eigenvalue weighted by Crippen LogP contribution is 2.40. The number of amides is 1. The van der Waals surface area contributed by atoms with Crippen LogP contribution >= 0.6 is 0 Å². The molecule has 1 unspecified atom stereocenters. The van der Waals surface area contributed by atoms with Crippen molar-refractivity contribution in [3.05, 3.63) is 63.7 Å². The highest BCUT2D eigenvalue weighted by molar-refractivity contribution is 6.46. The van der Waals surface area contributed by atoms with Gasteiger partial charge in [0, 0.05) is 29.8 Å². The molecule has 0 bridgehead atoms. The minimum atomic E-state index is -1.15. The molecule has 0 aliphatic carbocycles. The molecule has 2 N–H and O–H groups in total. The number of hydrogen-bond donors (Lipinski definition) is 2. The highest BCUT2D eigenvalue weighted by atomic mass is 19.1. The SMILES string of the molecule is CCOC(=O)c1[nH]c(C)c(C([O-])=C2C(=O)C(=O)N(CCC[NH+](C)C)C2c2ccccc2F)c1C. The van der Waals surface area contributed by atoms with Gasteiger partial charge in [-0.15, -0.1) is 0 Å². The summed E-state index contributed by atoms with van der Waals surface area (Å²) in [5, 5.41) is 13.7. The lowest BCUT2D eigenvalue weighted by atomic mass is 9.93. The van der Waals surface area contributed by atoms with E-state index in [0.717, 1.165) is 11.4 Å². The van der Waals surface area contributed by atoms with Crippen LogP contribution in [0.2, 0.25) is 0 Å². The molecule has 1 amide bonds. The van der Waals surface area contributed by atoms with E-state index in [1.807, 2.05) is 14.1 Å². The number of carbonyl (C=O) groups is 3. The molecule has 182 valence electrons. The second-order valence-electron chi connectivity index (χ2n) is 8.65. The Morgan fingerprint density at radius 2 is 1.91 bits per heavy atom. The van der Waals surface area contributed by atoms with Crippen LogP contribution in [0.1, 0.15) is 52.3 Å². The number of quaternary nitrogens is 1. The molecule has 1 aliphatic heterocycles. The van der Waals surface area contributed by atoms with Crippen molar-refractivity contribution in [1.29, 1.82) is 0 Å².